The maximum Gasteiger partial charge on any atom is 0.147 e. The fraction of sp³-hybridized carbons (Fsp3) is 0.455. The summed E-state index contributed by atoms with van der Waals surface area (Å²) in [5.74, 6) is 0.833. The van der Waals surface area contributed by atoms with Crippen LogP contribution in [-0.2, 0) is 0 Å². The van der Waals surface area contributed by atoms with Gasteiger partial charge in [-0.15, -0.1) is 0 Å². The molecule has 0 fully saturated rings. The molecule has 0 saturated heterocycles. The van der Waals surface area contributed by atoms with Gasteiger partial charge in [0.1, 0.15) is 11.5 Å². The lowest BCUT2D eigenvalue weighted by molar-refractivity contribution is 0.169. The van der Waals surface area contributed by atoms with Crippen LogP contribution < -0.4 is 5.32 Å². The van der Waals surface area contributed by atoms with Crippen molar-refractivity contribution in [2.75, 3.05) is 13.1 Å². The topological polar surface area (TPSA) is 57.5 Å². The number of aliphatic imine (C=N–C) groups is 1. The van der Waals surface area contributed by atoms with Crippen LogP contribution in [0.15, 0.2) is 23.2 Å². The molecule has 0 aliphatic carbocycles. The van der Waals surface area contributed by atoms with Crippen LogP contribution in [-0.4, -0.2) is 29.0 Å². The summed E-state index contributed by atoms with van der Waals surface area (Å²) in [6.07, 6.45) is 0.197. The zero-order chi connectivity index (χ0) is 10.7. The van der Waals surface area contributed by atoms with Crippen LogP contribution in [0.1, 0.15) is 30.8 Å². The molecule has 1 atom stereocenters. The molecule has 0 aromatic carbocycles. The number of rotatable bonds is 3. The number of nitrogens with one attached hydrogen (secondary N) is 1. The first-order valence-corrected chi connectivity index (χ1v) is 5.25. The Kier molecular flexibility index (Phi) is 2.97. The quantitative estimate of drug-likeness (QED) is 0.770. The minimum atomic E-state index is -0.480. The number of aliphatic hydroxyl groups is 1. The highest BCUT2D eigenvalue weighted by molar-refractivity contribution is 5.98. The molecule has 2 N–H and O–H groups in total. The molecule has 0 radical (unpaired) electrons. The van der Waals surface area contributed by atoms with E-state index >= 15 is 0 Å². The van der Waals surface area contributed by atoms with Crippen LogP contribution in [0.5, 0.6) is 0 Å². The van der Waals surface area contributed by atoms with Crippen LogP contribution in [0.4, 0.5) is 0 Å². The fourth-order valence-electron chi connectivity index (χ4n) is 1.55. The van der Waals surface area contributed by atoms with Crippen LogP contribution in [0.3, 0.4) is 0 Å². The van der Waals surface area contributed by atoms with E-state index in [1.54, 1.807) is 0 Å². The number of hydrogen-bond acceptors (Lipinski definition) is 4. The van der Waals surface area contributed by atoms with Crippen LogP contribution in [0.2, 0.25) is 0 Å². The average Bonchev–Trinajstić information content (AvgIpc) is 2.82. The predicted molar refractivity (Wildman–Crippen MR) is 58.9 cm³/mol. The normalized spacial score (nSPS) is 17.1. The lowest BCUT2D eigenvalue weighted by Crippen LogP contribution is -2.21. The van der Waals surface area contributed by atoms with Crippen molar-refractivity contribution >= 4 is 5.84 Å². The van der Waals surface area contributed by atoms with Gasteiger partial charge in [0, 0.05) is 6.54 Å². The third-order valence-electron chi connectivity index (χ3n) is 2.42. The minimum absolute atomic E-state index is 0.480. The number of amidine groups is 1. The van der Waals surface area contributed by atoms with Gasteiger partial charge in [0.25, 0.3) is 0 Å². The van der Waals surface area contributed by atoms with Gasteiger partial charge in [-0.2, -0.15) is 0 Å². The molecule has 2 heterocycles. The molecule has 15 heavy (non-hydrogen) atoms. The van der Waals surface area contributed by atoms with Crippen molar-refractivity contribution in [1.82, 2.24) is 10.3 Å². The summed E-state index contributed by atoms with van der Waals surface area (Å²) in [7, 11) is 0. The zero-order valence-electron chi connectivity index (χ0n) is 8.77. The Labute approximate surface area is 89.1 Å². The van der Waals surface area contributed by atoms with Crippen molar-refractivity contribution < 1.29 is 5.11 Å². The van der Waals surface area contributed by atoms with E-state index in [0.29, 0.717) is 12.1 Å². The Balaban J connectivity index is 2.26. The van der Waals surface area contributed by atoms with Crippen LogP contribution in [0.25, 0.3) is 0 Å². The van der Waals surface area contributed by atoms with Gasteiger partial charge < -0.3 is 10.4 Å². The van der Waals surface area contributed by atoms with Gasteiger partial charge in [0.15, 0.2) is 0 Å². The summed E-state index contributed by atoms with van der Waals surface area (Å²) in [5, 5.41) is 12.8. The van der Waals surface area contributed by atoms with Gasteiger partial charge >= 0.3 is 0 Å². The van der Waals surface area contributed by atoms with Crippen LogP contribution >= 0.6 is 0 Å². The molecule has 0 unspecified atom stereocenters. The van der Waals surface area contributed by atoms with Gasteiger partial charge in [0.05, 0.1) is 18.3 Å². The van der Waals surface area contributed by atoms with Crippen molar-refractivity contribution in [1.29, 1.82) is 0 Å². The van der Waals surface area contributed by atoms with Crippen LogP contribution in [0, 0.1) is 0 Å². The monoisotopic (exact) mass is 205 g/mol. The van der Waals surface area contributed by atoms with Gasteiger partial charge in [-0.3, -0.25) is 4.99 Å². The second kappa shape index (κ2) is 4.40. The zero-order valence-corrected chi connectivity index (χ0v) is 8.77. The summed E-state index contributed by atoms with van der Waals surface area (Å²) < 4.78 is 0. The number of nitrogens with zero attached hydrogens (tertiary/aromatic N) is 2. The number of aromatic nitrogens is 1. The first kappa shape index (κ1) is 10.1. The summed E-state index contributed by atoms with van der Waals surface area (Å²) in [5.41, 5.74) is 1.53. The molecular formula is C11H15N3O. The van der Waals surface area contributed by atoms with Crippen molar-refractivity contribution in [3.63, 3.8) is 0 Å². The molecule has 4 heteroatoms. The Morgan fingerprint density at radius 1 is 1.53 bits per heavy atom. The molecule has 2 rings (SSSR count). The minimum Gasteiger partial charge on any atom is -0.387 e. The summed E-state index contributed by atoms with van der Waals surface area (Å²) >= 11 is 0. The van der Waals surface area contributed by atoms with Crippen molar-refractivity contribution in [3.05, 3.63) is 29.6 Å². The molecule has 1 aromatic rings. The predicted octanol–water partition coefficient (Wildman–Crippen LogP) is 0.875. The highest BCUT2D eigenvalue weighted by Gasteiger charge is 2.12. The van der Waals surface area contributed by atoms with Crippen molar-refractivity contribution in [2.45, 2.75) is 19.4 Å². The first-order valence-electron chi connectivity index (χ1n) is 5.25. The highest BCUT2D eigenvalue weighted by Crippen LogP contribution is 2.14. The molecule has 1 aromatic heterocycles. The molecule has 0 spiro atoms. The van der Waals surface area contributed by atoms with E-state index in [1.807, 2.05) is 25.1 Å². The maximum absolute atomic E-state index is 9.67. The SMILES string of the molecule is CC[C@H](O)c1cccc(C2=NCCN2)n1. The van der Waals surface area contributed by atoms with E-state index in [2.05, 4.69) is 15.3 Å². The van der Waals surface area contributed by atoms with E-state index in [1.165, 1.54) is 0 Å². The third-order valence-corrected chi connectivity index (χ3v) is 2.42. The average molecular weight is 205 g/mol. The molecule has 4 nitrogen and oxygen atoms in total. The third kappa shape index (κ3) is 2.15. The summed E-state index contributed by atoms with van der Waals surface area (Å²) in [4.78, 5) is 8.68. The second-order valence-electron chi connectivity index (χ2n) is 3.53. The largest absolute Gasteiger partial charge is 0.387 e. The molecule has 0 bridgehead atoms. The maximum atomic E-state index is 9.67. The van der Waals surface area contributed by atoms with E-state index in [4.69, 9.17) is 0 Å². The Morgan fingerprint density at radius 2 is 2.40 bits per heavy atom. The highest BCUT2D eigenvalue weighted by atomic mass is 16.3. The summed E-state index contributed by atoms with van der Waals surface area (Å²) in [6.45, 7) is 3.61. The van der Waals surface area contributed by atoms with E-state index < -0.39 is 6.10 Å². The van der Waals surface area contributed by atoms with E-state index in [9.17, 15) is 5.11 Å². The van der Waals surface area contributed by atoms with E-state index in [0.717, 1.165) is 24.6 Å². The Morgan fingerprint density at radius 3 is 3.07 bits per heavy atom. The first-order chi connectivity index (χ1) is 7.31. The van der Waals surface area contributed by atoms with Crippen molar-refractivity contribution in [3.8, 4) is 0 Å². The van der Waals surface area contributed by atoms with Gasteiger partial charge in [-0.05, 0) is 18.6 Å². The number of aliphatic hydroxyl groups excluding tert-OH is 1. The molecule has 1 aliphatic heterocycles. The lowest BCUT2D eigenvalue weighted by Gasteiger charge is -2.08. The van der Waals surface area contributed by atoms with Gasteiger partial charge in [0.2, 0.25) is 0 Å². The second-order valence-corrected chi connectivity index (χ2v) is 3.53. The standard InChI is InChI=1S/C11H15N3O/c1-2-10(15)8-4-3-5-9(14-8)11-12-6-7-13-11/h3-5,10,15H,2,6-7H2,1H3,(H,12,13)/t10-/m0/s1. The van der Waals surface area contributed by atoms with Crippen molar-refractivity contribution in [2.24, 2.45) is 4.99 Å². The molecule has 1 aliphatic rings. The molecule has 0 saturated carbocycles. The molecular weight excluding hydrogens is 190 g/mol. The van der Waals surface area contributed by atoms with Gasteiger partial charge in [-0.1, -0.05) is 13.0 Å². The number of pyridine rings is 1. The fourth-order valence-corrected chi connectivity index (χ4v) is 1.55. The Bertz CT molecular complexity index is 376. The molecule has 0 amide bonds. The van der Waals surface area contributed by atoms with Gasteiger partial charge in [-0.25, -0.2) is 4.98 Å². The smallest absolute Gasteiger partial charge is 0.147 e. The number of hydrogen-bond donors (Lipinski definition) is 2. The molecule has 80 valence electrons. The summed E-state index contributed by atoms with van der Waals surface area (Å²) in [6, 6.07) is 5.65. The van der Waals surface area contributed by atoms with E-state index in [-0.39, 0.29) is 0 Å². The lowest BCUT2D eigenvalue weighted by atomic mass is 10.1. The Hall–Kier alpha value is -1.42.